The number of aliphatic hydroxyl groups excluding tert-OH is 1. The van der Waals surface area contributed by atoms with E-state index in [1.165, 1.54) is 0 Å². The van der Waals surface area contributed by atoms with Crippen molar-refractivity contribution in [2.75, 3.05) is 13.2 Å². The monoisotopic (exact) mass is 241 g/mol. The fraction of sp³-hybridized carbons (Fsp3) is 0.417. The molecule has 88 valence electrons. The Kier molecular flexibility index (Phi) is 4.77. The van der Waals surface area contributed by atoms with Crippen LogP contribution in [-0.4, -0.2) is 24.2 Å². The normalized spacial score (nSPS) is 12.2. The Hall–Kier alpha value is -1.06. The Morgan fingerprint density at radius 1 is 1.56 bits per heavy atom. The highest BCUT2D eigenvalue weighted by Crippen LogP contribution is 2.19. The van der Waals surface area contributed by atoms with Gasteiger partial charge in [0.25, 0.3) is 5.91 Å². The summed E-state index contributed by atoms with van der Waals surface area (Å²) in [4.78, 5) is 11.8. The quantitative estimate of drug-likeness (QED) is 0.847. The lowest BCUT2D eigenvalue weighted by Crippen LogP contribution is -2.29. The van der Waals surface area contributed by atoms with E-state index in [2.05, 4.69) is 5.32 Å². The summed E-state index contributed by atoms with van der Waals surface area (Å²) in [5.41, 5.74) is 1.36. The molecule has 4 heteroatoms. The second-order valence-electron chi connectivity index (χ2n) is 3.93. The first-order chi connectivity index (χ1) is 7.56. The third-order valence-electron chi connectivity index (χ3n) is 2.36. The zero-order chi connectivity index (χ0) is 12.1. The van der Waals surface area contributed by atoms with Crippen molar-refractivity contribution < 1.29 is 9.90 Å². The van der Waals surface area contributed by atoms with Crippen LogP contribution in [0.15, 0.2) is 18.2 Å². The lowest BCUT2D eigenvalue weighted by atomic mass is 10.1. The maximum Gasteiger partial charge on any atom is 0.252 e. The second kappa shape index (κ2) is 5.87. The van der Waals surface area contributed by atoms with Crippen molar-refractivity contribution in [2.45, 2.75) is 13.8 Å². The molecule has 1 unspecified atom stereocenters. The number of hydrogen-bond acceptors (Lipinski definition) is 2. The van der Waals surface area contributed by atoms with E-state index in [1.54, 1.807) is 12.1 Å². The third kappa shape index (κ3) is 3.22. The van der Waals surface area contributed by atoms with Crippen molar-refractivity contribution in [1.82, 2.24) is 5.32 Å². The van der Waals surface area contributed by atoms with Gasteiger partial charge in [-0.25, -0.2) is 0 Å². The number of carbonyl (C=O) groups is 1. The molecule has 1 aromatic rings. The summed E-state index contributed by atoms with van der Waals surface area (Å²) in [5.74, 6) is -0.151. The zero-order valence-electron chi connectivity index (χ0n) is 9.46. The average molecular weight is 242 g/mol. The summed E-state index contributed by atoms with van der Waals surface area (Å²) >= 11 is 6.03. The van der Waals surface area contributed by atoms with E-state index in [1.807, 2.05) is 19.9 Å². The van der Waals surface area contributed by atoms with E-state index in [0.29, 0.717) is 17.1 Å². The number of carbonyl (C=O) groups excluding carboxylic acids is 1. The van der Waals surface area contributed by atoms with Gasteiger partial charge in [0, 0.05) is 13.2 Å². The Balaban J connectivity index is 2.70. The minimum atomic E-state index is -0.200. The topological polar surface area (TPSA) is 49.3 Å². The molecule has 0 aromatic heterocycles. The van der Waals surface area contributed by atoms with E-state index in [0.717, 1.165) is 5.56 Å². The van der Waals surface area contributed by atoms with Crippen LogP contribution < -0.4 is 5.32 Å². The summed E-state index contributed by atoms with van der Waals surface area (Å²) < 4.78 is 0. The van der Waals surface area contributed by atoms with Gasteiger partial charge in [-0.05, 0) is 24.5 Å². The third-order valence-corrected chi connectivity index (χ3v) is 2.86. The number of hydrogen-bond donors (Lipinski definition) is 2. The van der Waals surface area contributed by atoms with Crippen molar-refractivity contribution in [3.8, 4) is 0 Å². The van der Waals surface area contributed by atoms with Gasteiger partial charge in [-0.15, -0.1) is 0 Å². The molecule has 0 spiro atoms. The molecule has 16 heavy (non-hydrogen) atoms. The van der Waals surface area contributed by atoms with Crippen molar-refractivity contribution in [3.05, 3.63) is 34.3 Å². The van der Waals surface area contributed by atoms with E-state index in [9.17, 15) is 4.79 Å². The largest absolute Gasteiger partial charge is 0.396 e. The SMILES string of the molecule is Cc1cccc(C(=O)NCC(C)CO)c1Cl. The Bertz CT molecular complexity index is 379. The van der Waals surface area contributed by atoms with Crippen molar-refractivity contribution in [2.24, 2.45) is 5.92 Å². The molecule has 2 N–H and O–H groups in total. The number of aliphatic hydroxyl groups is 1. The maximum absolute atomic E-state index is 11.8. The molecule has 0 aliphatic rings. The minimum Gasteiger partial charge on any atom is -0.396 e. The van der Waals surface area contributed by atoms with E-state index < -0.39 is 0 Å². The zero-order valence-corrected chi connectivity index (χ0v) is 10.2. The summed E-state index contributed by atoms with van der Waals surface area (Å²) in [5, 5.41) is 12.1. The number of nitrogens with one attached hydrogen (secondary N) is 1. The van der Waals surface area contributed by atoms with Gasteiger partial charge in [0.15, 0.2) is 0 Å². The summed E-state index contributed by atoms with van der Waals surface area (Å²) in [6, 6.07) is 5.34. The molecule has 3 nitrogen and oxygen atoms in total. The maximum atomic E-state index is 11.8. The van der Waals surface area contributed by atoms with Crippen LogP contribution in [0.1, 0.15) is 22.8 Å². The van der Waals surface area contributed by atoms with Crippen LogP contribution in [0.25, 0.3) is 0 Å². The molecule has 0 radical (unpaired) electrons. The van der Waals surface area contributed by atoms with E-state index in [-0.39, 0.29) is 18.4 Å². The Morgan fingerprint density at radius 2 is 2.25 bits per heavy atom. The molecule has 0 saturated heterocycles. The molecular formula is C12H16ClNO2. The summed E-state index contributed by atoms with van der Waals surface area (Å²) in [6.45, 7) is 4.22. The first-order valence-electron chi connectivity index (χ1n) is 5.20. The number of aryl methyl sites for hydroxylation is 1. The highest BCUT2D eigenvalue weighted by molar-refractivity contribution is 6.34. The lowest BCUT2D eigenvalue weighted by Gasteiger charge is -2.11. The smallest absolute Gasteiger partial charge is 0.252 e. The van der Waals surface area contributed by atoms with Crippen LogP contribution in [-0.2, 0) is 0 Å². The fourth-order valence-electron chi connectivity index (χ4n) is 1.25. The average Bonchev–Trinajstić information content (AvgIpc) is 2.29. The standard InChI is InChI=1S/C12H16ClNO2/c1-8(7-15)6-14-12(16)10-5-3-4-9(2)11(10)13/h3-5,8,15H,6-7H2,1-2H3,(H,14,16). The molecule has 0 fully saturated rings. The van der Waals surface area contributed by atoms with Crippen molar-refractivity contribution in [3.63, 3.8) is 0 Å². The highest BCUT2D eigenvalue weighted by Gasteiger charge is 2.11. The predicted octanol–water partition coefficient (Wildman–Crippen LogP) is 2.01. The number of rotatable bonds is 4. The molecule has 1 aromatic carbocycles. The van der Waals surface area contributed by atoms with E-state index >= 15 is 0 Å². The molecule has 0 aliphatic carbocycles. The van der Waals surface area contributed by atoms with Crippen LogP contribution in [0.4, 0.5) is 0 Å². The van der Waals surface area contributed by atoms with Gasteiger partial charge in [-0.1, -0.05) is 30.7 Å². The van der Waals surface area contributed by atoms with Gasteiger partial charge >= 0.3 is 0 Å². The molecule has 0 heterocycles. The van der Waals surface area contributed by atoms with Gasteiger partial charge < -0.3 is 10.4 Å². The van der Waals surface area contributed by atoms with Crippen molar-refractivity contribution >= 4 is 17.5 Å². The Labute approximate surface area is 100 Å². The van der Waals surface area contributed by atoms with Crippen LogP contribution in [0.5, 0.6) is 0 Å². The lowest BCUT2D eigenvalue weighted by molar-refractivity contribution is 0.0942. The first-order valence-corrected chi connectivity index (χ1v) is 5.58. The number of benzene rings is 1. The minimum absolute atomic E-state index is 0.0486. The molecule has 0 saturated carbocycles. The van der Waals surface area contributed by atoms with Gasteiger partial charge in [-0.2, -0.15) is 0 Å². The molecule has 1 rings (SSSR count). The Morgan fingerprint density at radius 3 is 2.88 bits per heavy atom. The van der Waals surface area contributed by atoms with Gasteiger partial charge in [0.1, 0.15) is 0 Å². The van der Waals surface area contributed by atoms with Crippen LogP contribution in [0, 0.1) is 12.8 Å². The van der Waals surface area contributed by atoms with Crippen molar-refractivity contribution in [1.29, 1.82) is 0 Å². The molecular weight excluding hydrogens is 226 g/mol. The predicted molar refractivity (Wildman–Crippen MR) is 64.8 cm³/mol. The first kappa shape index (κ1) is 13.0. The number of amides is 1. The molecule has 0 bridgehead atoms. The second-order valence-corrected chi connectivity index (χ2v) is 4.31. The van der Waals surface area contributed by atoms with Crippen LogP contribution in [0.2, 0.25) is 5.02 Å². The highest BCUT2D eigenvalue weighted by atomic mass is 35.5. The van der Waals surface area contributed by atoms with Crippen LogP contribution >= 0.6 is 11.6 Å². The van der Waals surface area contributed by atoms with Gasteiger partial charge in [0.2, 0.25) is 0 Å². The van der Waals surface area contributed by atoms with Gasteiger partial charge in [-0.3, -0.25) is 4.79 Å². The summed E-state index contributed by atoms with van der Waals surface area (Å²) in [7, 11) is 0. The fourth-order valence-corrected chi connectivity index (χ4v) is 1.46. The van der Waals surface area contributed by atoms with Crippen LogP contribution in [0.3, 0.4) is 0 Å². The molecule has 1 amide bonds. The molecule has 0 aliphatic heterocycles. The number of halogens is 1. The van der Waals surface area contributed by atoms with Gasteiger partial charge in [0.05, 0.1) is 10.6 Å². The summed E-state index contributed by atoms with van der Waals surface area (Å²) in [6.07, 6.45) is 0. The van der Waals surface area contributed by atoms with E-state index in [4.69, 9.17) is 16.7 Å². The molecule has 1 atom stereocenters.